The minimum absolute atomic E-state index is 0.178. The molecule has 1 unspecified atom stereocenters. The van der Waals surface area contributed by atoms with Crippen molar-refractivity contribution in [3.05, 3.63) is 24.6 Å². The van der Waals surface area contributed by atoms with Gasteiger partial charge in [-0.15, -0.1) is 0 Å². The van der Waals surface area contributed by atoms with E-state index >= 15 is 0 Å². The Hall–Kier alpha value is -1.55. The monoisotopic (exact) mass is 234 g/mol. The van der Waals surface area contributed by atoms with Crippen LogP contribution in [-0.4, -0.2) is 22.7 Å². The zero-order valence-corrected chi connectivity index (χ0v) is 10.2. The average Bonchev–Trinajstić information content (AvgIpc) is 2.77. The number of hydrogen-bond donors (Lipinski definition) is 2. The number of aliphatic hydroxyl groups is 1. The van der Waals surface area contributed by atoms with Crippen molar-refractivity contribution in [3.8, 4) is 0 Å². The van der Waals surface area contributed by atoms with Crippen LogP contribution in [-0.2, 0) is 0 Å². The number of rotatable bonds is 5. The van der Waals surface area contributed by atoms with Gasteiger partial charge in [-0.25, -0.2) is 4.98 Å². The summed E-state index contributed by atoms with van der Waals surface area (Å²) in [6.07, 6.45) is 4.10. The summed E-state index contributed by atoms with van der Waals surface area (Å²) in [5.74, 6) is 1.26. The second-order valence-electron chi connectivity index (χ2n) is 4.50. The fourth-order valence-electron chi connectivity index (χ4n) is 1.90. The molecule has 0 amide bonds. The Bertz CT molecular complexity index is 479. The van der Waals surface area contributed by atoms with E-state index in [9.17, 15) is 0 Å². The zero-order chi connectivity index (χ0) is 12.3. The molecule has 2 aromatic rings. The van der Waals surface area contributed by atoms with E-state index in [4.69, 9.17) is 9.52 Å². The highest BCUT2D eigenvalue weighted by Crippen LogP contribution is 2.23. The van der Waals surface area contributed by atoms with Crippen molar-refractivity contribution in [3.63, 3.8) is 0 Å². The van der Waals surface area contributed by atoms with Crippen molar-refractivity contribution in [2.45, 2.75) is 26.3 Å². The van der Waals surface area contributed by atoms with Gasteiger partial charge < -0.3 is 14.8 Å². The topological polar surface area (TPSA) is 58.3 Å². The number of aromatic nitrogens is 1. The summed E-state index contributed by atoms with van der Waals surface area (Å²) in [6, 6.07) is 3.96. The molecule has 4 nitrogen and oxygen atoms in total. The number of nitrogens with zero attached hydrogens (tertiary/aromatic N) is 1. The summed E-state index contributed by atoms with van der Waals surface area (Å²) in [5, 5.41) is 13.4. The maximum atomic E-state index is 9.06. The van der Waals surface area contributed by atoms with Crippen molar-refractivity contribution >= 4 is 16.8 Å². The maximum Gasteiger partial charge on any atom is 0.139 e. The molecule has 92 valence electrons. The first-order chi connectivity index (χ1) is 8.22. The largest absolute Gasteiger partial charge is 0.464 e. The van der Waals surface area contributed by atoms with Gasteiger partial charge in [-0.05, 0) is 24.5 Å². The standard InChI is InChI=1S/C13H18N2O2/c1-9(2)11(4-7-16)15-13-10-5-8-17-12(10)3-6-14-13/h3,5-6,8-9,11,16H,4,7H2,1-2H3,(H,14,15). The van der Waals surface area contributed by atoms with Crippen LogP contribution >= 0.6 is 0 Å². The molecule has 2 heterocycles. The van der Waals surface area contributed by atoms with E-state index in [-0.39, 0.29) is 12.6 Å². The van der Waals surface area contributed by atoms with E-state index in [1.54, 1.807) is 12.5 Å². The number of nitrogens with one attached hydrogen (secondary N) is 1. The summed E-state index contributed by atoms with van der Waals surface area (Å²) >= 11 is 0. The van der Waals surface area contributed by atoms with Gasteiger partial charge in [0.25, 0.3) is 0 Å². The van der Waals surface area contributed by atoms with Crippen LogP contribution in [0.15, 0.2) is 29.0 Å². The first-order valence-corrected chi connectivity index (χ1v) is 5.92. The van der Waals surface area contributed by atoms with Crippen LogP contribution in [0.3, 0.4) is 0 Å². The maximum absolute atomic E-state index is 9.06. The Morgan fingerprint density at radius 1 is 1.41 bits per heavy atom. The fourth-order valence-corrected chi connectivity index (χ4v) is 1.90. The zero-order valence-electron chi connectivity index (χ0n) is 10.2. The summed E-state index contributed by atoms with van der Waals surface area (Å²) in [6.45, 7) is 4.43. The van der Waals surface area contributed by atoms with Gasteiger partial charge in [0.2, 0.25) is 0 Å². The highest BCUT2D eigenvalue weighted by Gasteiger charge is 2.14. The Morgan fingerprint density at radius 2 is 2.24 bits per heavy atom. The van der Waals surface area contributed by atoms with Gasteiger partial charge in [-0.2, -0.15) is 0 Å². The second-order valence-corrected chi connectivity index (χ2v) is 4.50. The molecule has 2 N–H and O–H groups in total. The van der Waals surface area contributed by atoms with Gasteiger partial charge in [0.05, 0.1) is 11.6 Å². The second kappa shape index (κ2) is 5.19. The summed E-state index contributed by atoms with van der Waals surface area (Å²) in [4.78, 5) is 4.33. The molecule has 0 radical (unpaired) electrons. The summed E-state index contributed by atoms with van der Waals surface area (Å²) in [7, 11) is 0. The highest BCUT2D eigenvalue weighted by atomic mass is 16.3. The molecule has 2 rings (SSSR count). The van der Waals surface area contributed by atoms with E-state index in [2.05, 4.69) is 24.1 Å². The van der Waals surface area contributed by atoms with Crippen molar-refractivity contribution in [1.82, 2.24) is 4.98 Å². The van der Waals surface area contributed by atoms with Gasteiger partial charge in [-0.3, -0.25) is 0 Å². The molecule has 0 saturated heterocycles. The van der Waals surface area contributed by atoms with Crippen molar-refractivity contribution in [2.75, 3.05) is 11.9 Å². The van der Waals surface area contributed by atoms with Crippen LogP contribution in [0.25, 0.3) is 11.0 Å². The minimum Gasteiger partial charge on any atom is -0.464 e. The number of furan rings is 1. The first-order valence-electron chi connectivity index (χ1n) is 5.92. The molecular formula is C13H18N2O2. The molecule has 0 spiro atoms. The molecule has 0 aliphatic heterocycles. The molecule has 0 aromatic carbocycles. The van der Waals surface area contributed by atoms with Gasteiger partial charge in [0, 0.05) is 18.8 Å². The van der Waals surface area contributed by atoms with E-state index in [1.165, 1.54) is 0 Å². The van der Waals surface area contributed by atoms with Crippen LogP contribution < -0.4 is 5.32 Å². The third kappa shape index (κ3) is 2.58. The number of hydrogen-bond acceptors (Lipinski definition) is 4. The van der Waals surface area contributed by atoms with Gasteiger partial charge >= 0.3 is 0 Å². The van der Waals surface area contributed by atoms with Gasteiger partial charge in [0.1, 0.15) is 11.4 Å². The molecule has 2 aromatic heterocycles. The minimum atomic E-state index is 0.178. The molecule has 0 aliphatic rings. The molecular weight excluding hydrogens is 216 g/mol. The lowest BCUT2D eigenvalue weighted by molar-refractivity contribution is 0.267. The Kier molecular flexibility index (Phi) is 3.64. The average molecular weight is 234 g/mol. The molecule has 0 fully saturated rings. The number of anilines is 1. The number of aliphatic hydroxyl groups excluding tert-OH is 1. The lowest BCUT2D eigenvalue weighted by atomic mass is 10.0. The number of pyridine rings is 1. The molecule has 17 heavy (non-hydrogen) atoms. The Balaban J connectivity index is 2.24. The lowest BCUT2D eigenvalue weighted by Gasteiger charge is -2.22. The number of fused-ring (bicyclic) bond motifs is 1. The molecule has 0 bridgehead atoms. The Labute approximate surface area is 101 Å². The summed E-state index contributed by atoms with van der Waals surface area (Å²) in [5.41, 5.74) is 0.828. The summed E-state index contributed by atoms with van der Waals surface area (Å²) < 4.78 is 5.33. The van der Waals surface area contributed by atoms with E-state index in [1.807, 2.05) is 12.1 Å². The highest BCUT2D eigenvalue weighted by molar-refractivity contribution is 5.87. The van der Waals surface area contributed by atoms with Gasteiger partial charge in [0.15, 0.2) is 0 Å². The van der Waals surface area contributed by atoms with Crippen LogP contribution in [0, 0.1) is 5.92 Å². The van der Waals surface area contributed by atoms with E-state index < -0.39 is 0 Å². The van der Waals surface area contributed by atoms with Crippen LogP contribution in [0.1, 0.15) is 20.3 Å². The predicted octanol–water partition coefficient (Wildman–Crippen LogP) is 2.65. The fraction of sp³-hybridized carbons (Fsp3) is 0.462. The predicted molar refractivity (Wildman–Crippen MR) is 68.0 cm³/mol. The molecule has 1 atom stereocenters. The van der Waals surface area contributed by atoms with Crippen LogP contribution in [0.5, 0.6) is 0 Å². The quantitative estimate of drug-likeness (QED) is 0.835. The van der Waals surface area contributed by atoms with Crippen molar-refractivity contribution in [2.24, 2.45) is 5.92 Å². The van der Waals surface area contributed by atoms with Crippen LogP contribution in [0.2, 0.25) is 0 Å². The molecule has 0 aliphatic carbocycles. The van der Waals surface area contributed by atoms with Crippen LogP contribution in [0.4, 0.5) is 5.82 Å². The smallest absolute Gasteiger partial charge is 0.139 e. The van der Waals surface area contributed by atoms with E-state index in [0.717, 1.165) is 16.8 Å². The molecule has 0 saturated carbocycles. The third-order valence-corrected chi connectivity index (χ3v) is 2.95. The molecule has 4 heteroatoms. The van der Waals surface area contributed by atoms with Crippen molar-refractivity contribution < 1.29 is 9.52 Å². The third-order valence-electron chi connectivity index (χ3n) is 2.95. The van der Waals surface area contributed by atoms with Gasteiger partial charge in [-0.1, -0.05) is 13.8 Å². The Morgan fingerprint density at radius 3 is 2.94 bits per heavy atom. The first kappa shape index (κ1) is 11.9. The SMILES string of the molecule is CC(C)C(CCO)Nc1nccc2occc12. The van der Waals surface area contributed by atoms with Crippen molar-refractivity contribution in [1.29, 1.82) is 0 Å². The normalized spacial score (nSPS) is 13.2. The van der Waals surface area contributed by atoms with E-state index in [0.29, 0.717) is 12.3 Å². The lowest BCUT2D eigenvalue weighted by Crippen LogP contribution is -2.27.